The SMILES string of the molecule is COc1cc(CC2(C(=O)NC(C(N)=O)[C@H](C)O)CCCN2C(=O)C2CCCN2C(=O)C(OC(N)=O)C(C)O)cc(OC)c1OC. The van der Waals surface area contributed by atoms with E-state index in [0.717, 1.165) is 0 Å². The summed E-state index contributed by atoms with van der Waals surface area (Å²) in [6, 6.07) is 0.771. The summed E-state index contributed by atoms with van der Waals surface area (Å²) in [6.45, 7) is 2.81. The highest BCUT2D eigenvalue weighted by molar-refractivity contribution is 5.98. The quantitative estimate of drug-likeness (QED) is 0.172. The average molecular weight is 638 g/mol. The van der Waals surface area contributed by atoms with E-state index in [9.17, 15) is 34.2 Å². The number of nitrogens with zero attached hydrogens (tertiary/aromatic N) is 2. The predicted octanol–water partition coefficient (Wildman–Crippen LogP) is -1.20. The van der Waals surface area contributed by atoms with E-state index in [-0.39, 0.29) is 32.4 Å². The fourth-order valence-corrected chi connectivity index (χ4v) is 6.09. The third kappa shape index (κ3) is 7.33. The summed E-state index contributed by atoms with van der Waals surface area (Å²) in [5, 5.41) is 22.9. The van der Waals surface area contributed by atoms with Crippen molar-refractivity contribution in [3.63, 3.8) is 0 Å². The Bertz CT molecular complexity index is 1260. The molecule has 2 aliphatic rings. The van der Waals surface area contributed by atoms with Crippen LogP contribution in [0.4, 0.5) is 4.79 Å². The van der Waals surface area contributed by atoms with Crippen molar-refractivity contribution in [3.05, 3.63) is 17.7 Å². The van der Waals surface area contributed by atoms with E-state index < -0.39 is 65.7 Å². The molecule has 45 heavy (non-hydrogen) atoms. The second-order valence-corrected chi connectivity index (χ2v) is 11.2. The van der Waals surface area contributed by atoms with Crippen LogP contribution in [0.2, 0.25) is 0 Å². The van der Waals surface area contributed by atoms with Crippen molar-refractivity contribution >= 4 is 29.7 Å². The Balaban J connectivity index is 2.08. The third-order valence-electron chi connectivity index (χ3n) is 8.22. The molecule has 7 N–H and O–H groups in total. The lowest BCUT2D eigenvalue weighted by Crippen LogP contribution is -2.65. The summed E-state index contributed by atoms with van der Waals surface area (Å²) in [5.74, 6) is -2.13. The van der Waals surface area contributed by atoms with Gasteiger partial charge in [0.25, 0.3) is 5.91 Å². The van der Waals surface area contributed by atoms with Gasteiger partial charge in [0.05, 0.1) is 33.5 Å². The molecule has 5 unspecified atom stereocenters. The minimum absolute atomic E-state index is 0.0751. The van der Waals surface area contributed by atoms with Gasteiger partial charge in [-0.2, -0.15) is 0 Å². The number of likely N-dealkylation sites (tertiary alicyclic amines) is 2. The molecule has 16 nitrogen and oxygen atoms in total. The Morgan fingerprint density at radius 1 is 0.978 bits per heavy atom. The van der Waals surface area contributed by atoms with Crippen LogP contribution >= 0.6 is 0 Å². The molecule has 0 radical (unpaired) electrons. The largest absolute Gasteiger partial charge is 0.493 e. The van der Waals surface area contributed by atoms with E-state index >= 15 is 0 Å². The van der Waals surface area contributed by atoms with Crippen LogP contribution in [0.15, 0.2) is 12.1 Å². The first-order valence-corrected chi connectivity index (χ1v) is 14.6. The number of hydrogen-bond acceptors (Lipinski definition) is 11. The monoisotopic (exact) mass is 637 g/mol. The van der Waals surface area contributed by atoms with Crippen molar-refractivity contribution in [2.75, 3.05) is 34.4 Å². The maximum absolute atomic E-state index is 14.3. The lowest BCUT2D eigenvalue weighted by molar-refractivity contribution is -0.156. The van der Waals surface area contributed by atoms with Gasteiger partial charge in [0.2, 0.25) is 29.6 Å². The van der Waals surface area contributed by atoms with E-state index in [4.69, 9.17) is 30.4 Å². The van der Waals surface area contributed by atoms with Gasteiger partial charge < -0.3 is 55.7 Å². The second kappa shape index (κ2) is 14.6. The lowest BCUT2D eigenvalue weighted by Gasteiger charge is -2.41. The predicted molar refractivity (Wildman–Crippen MR) is 157 cm³/mol. The summed E-state index contributed by atoms with van der Waals surface area (Å²) in [7, 11) is 4.31. The number of primary amides is 2. The van der Waals surface area contributed by atoms with Gasteiger partial charge in [0.15, 0.2) is 11.5 Å². The Morgan fingerprint density at radius 2 is 1.60 bits per heavy atom. The third-order valence-corrected chi connectivity index (χ3v) is 8.22. The van der Waals surface area contributed by atoms with E-state index in [1.165, 1.54) is 45.0 Å². The van der Waals surface area contributed by atoms with Crippen LogP contribution in [0.5, 0.6) is 17.2 Å². The van der Waals surface area contributed by atoms with Gasteiger partial charge in [-0.25, -0.2) is 4.79 Å². The molecule has 250 valence electrons. The number of ether oxygens (including phenoxy) is 4. The molecule has 3 rings (SSSR count). The van der Waals surface area contributed by atoms with Crippen LogP contribution in [-0.4, -0.2) is 120 Å². The van der Waals surface area contributed by atoms with Gasteiger partial charge >= 0.3 is 6.09 Å². The van der Waals surface area contributed by atoms with Gasteiger partial charge in [0, 0.05) is 19.5 Å². The van der Waals surface area contributed by atoms with Gasteiger partial charge in [0.1, 0.15) is 17.6 Å². The van der Waals surface area contributed by atoms with Crippen LogP contribution in [0.25, 0.3) is 0 Å². The van der Waals surface area contributed by atoms with Crippen molar-refractivity contribution in [3.8, 4) is 17.2 Å². The molecule has 2 fully saturated rings. The molecule has 6 atom stereocenters. The standard InChI is InChI=1S/C29H43N5O11/c1-15(35)21(24(30)37)32-27(40)29(14-17-12-19(42-3)23(44-5)20(13-17)43-4)9-7-11-34(29)25(38)18-8-6-10-33(18)26(39)22(16(2)36)45-28(31)41/h12-13,15-16,18,21-22,35-36H,6-11,14H2,1-5H3,(H2,30,37)(H2,31,41)(H,32,40)/t15-,16?,18?,21?,22?,29?/m0/s1. The lowest BCUT2D eigenvalue weighted by atomic mass is 9.85. The fraction of sp³-hybridized carbons (Fsp3) is 0.621. The van der Waals surface area contributed by atoms with Crippen molar-refractivity contribution in [2.24, 2.45) is 11.5 Å². The summed E-state index contributed by atoms with van der Waals surface area (Å²) in [6.07, 6.45) is -4.50. The average Bonchev–Trinajstić information content (AvgIpc) is 3.65. The zero-order chi connectivity index (χ0) is 33.6. The minimum Gasteiger partial charge on any atom is -0.493 e. The number of aliphatic hydroxyl groups excluding tert-OH is 2. The molecule has 0 saturated carbocycles. The first kappa shape index (κ1) is 35.2. The minimum atomic E-state index is -1.64. The normalized spacial score (nSPS) is 22.2. The van der Waals surface area contributed by atoms with Crippen LogP contribution in [0, 0.1) is 0 Å². The van der Waals surface area contributed by atoms with Crippen LogP contribution in [-0.2, 0) is 30.3 Å². The van der Waals surface area contributed by atoms with Gasteiger partial charge in [-0.05, 0) is 57.2 Å². The second-order valence-electron chi connectivity index (χ2n) is 11.2. The molecular weight excluding hydrogens is 594 g/mol. The number of carbonyl (C=O) groups is 5. The van der Waals surface area contributed by atoms with E-state index in [1.54, 1.807) is 12.1 Å². The number of hydrogen-bond donors (Lipinski definition) is 5. The van der Waals surface area contributed by atoms with Gasteiger partial charge in [-0.1, -0.05) is 0 Å². The van der Waals surface area contributed by atoms with Gasteiger partial charge in [-0.3, -0.25) is 19.2 Å². The molecule has 0 aromatic heterocycles. The number of amides is 5. The molecule has 2 saturated heterocycles. The molecule has 1 aromatic carbocycles. The summed E-state index contributed by atoms with van der Waals surface area (Å²) < 4.78 is 21.2. The van der Waals surface area contributed by atoms with Crippen LogP contribution in [0.3, 0.4) is 0 Å². The molecule has 2 aliphatic heterocycles. The maximum atomic E-state index is 14.3. The first-order chi connectivity index (χ1) is 21.2. The molecule has 0 aliphatic carbocycles. The molecule has 0 spiro atoms. The molecule has 0 bridgehead atoms. The molecule has 16 heteroatoms. The Morgan fingerprint density at radius 3 is 2.09 bits per heavy atom. The zero-order valence-corrected chi connectivity index (χ0v) is 26.1. The Hall–Kier alpha value is -4.31. The first-order valence-electron chi connectivity index (χ1n) is 14.6. The van der Waals surface area contributed by atoms with Crippen LogP contribution < -0.4 is 31.0 Å². The maximum Gasteiger partial charge on any atom is 0.405 e. The van der Waals surface area contributed by atoms with Crippen molar-refractivity contribution in [1.82, 2.24) is 15.1 Å². The summed E-state index contributed by atoms with van der Waals surface area (Å²) >= 11 is 0. The molecule has 2 heterocycles. The Labute approximate surface area is 260 Å². The smallest absolute Gasteiger partial charge is 0.405 e. The van der Waals surface area contributed by atoms with Crippen molar-refractivity contribution in [1.29, 1.82) is 0 Å². The molecule has 1 aromatic rings. The van der Waals surface area contributed by atoms with E-state index in [0.29, 0.717) is 35.7 Å². The Kier molecular flexibility index (Phi) is 11.4. The summed E-state index contributed by atoms with van der Waals surface area (Å²) in [5.41, 5.74) is 9.50. The number of nitrogens with two attached hydrogens (primary N) is 2. The van der Waals surface area contributed by atoms with Crippen LogP contribution in [0.1, 0.15) is 45.1 Å². The number of methoxy groups -OCH3 is 3. The van der Waals surface area contributed by atoms with E-state index in [2.05, 4.69) is 5.32 Å². The number of benzene rings is 1. The zero-order valence-electron chi connectivity index (χ0n) is 26.1. The highest BCUT2D eigenvalue weighted by Gasteiger charge is 2.53. The number of aliphatic hydroxyl groups is 2. The number of nitrogens with one attached hydrogen (secondary N) is 1. The topological polar surface area (TPSA) is 233 Å². The van der Waals surface area contributed by atoms with E-state index in [1.807, 2.05) is 0 Å². The van der Waals surface area contributed by atoms with Gasteiger partial charge in [-0.15, -0.1) is 0 Å². The highest BCUT2D eigenvalue weighted by atomic mass is 16.6. The van der Waals surface area contributed by atoms with Crippen molar-refractivity contribution in [2.45, 2.75) is 81.9 Å². The number of rotatable bonds is 13. The molecular formula is C29H43N5O11. The fourth-order valence-electron chi connectivity index (χ4n) is 6.09. The summed E-state index contributed by atoms with van der Waals surface area (Å²) in [4.78, 5) is 68.1. The number of carbonyl (C=O) groups excluding carboxylic acids is 5. The van der Waals surface area contributed by atoms with Crippen molar-refractivity contribution < 1.29 is 53.1 Å². The molecule has 5 amide bonds. The highest BCUT2D eigenvalue weighted by Crippen LogP contribution is 2.42.